The van der Waals surface area contributed by atoms with Gasteiger partial charge in [-0.1, -0.05) is 24.3 Å². The normalized spacial score (nSPS) is 10.1. The molecule has 1 heterocycles. The molecule has 6 nitrogen and oxygen atoms in total. The van der Waals surface area contributed by atoms with Crippen LogP contribution in [0.25, 0.3) is 10.9 Å². The maximum absolute atomic E-state index is 10.7. The first-order chi connectivity index (χ1) is 13.1. The number of carbonyl (C=O) groups is 1. The van der Waals surface area contributed by atoms with Crippen molar-refractivity contribution < 1.29 is 18.8 Å². The van der Waals surface area contributed by atoms with E-state index in [4.69, 9.17) is 4.74 Å². The summed E-state index contributed by atoms with van der Waals surface area (Å²) in [6.45, 7) is 11.5. The van der Waals surface area contributed by atoms with Gasteiger partial charge in [-0.2, -0.15) is 0 Å². The van der Waals surface area contributed by atoms with Crippen molar-refractivity contribution in [3.05, 3.63) is 42.6 Å². The second-order valence-corrected chi connectivity index (χ2v) is 5.87. The van der Waals surface area contributed by atoms with Crippen LogP contribution >= 0.6 is 0 Å². The number of rotatable bonds is 7. The molecule has 6 heteroatoms. The molecule has 2 aromatic rings. The fourth-order valence-electron chi connectivity index (χ4n) is 2.78. The minimum absolute atomic E-state index is 0.451. The predicted octanol–water partition coefficient (Wildman–Crippen LogP) is 3.85. The van der Waals surface area contributed by atoms with Crippen molar-refractivity contribution in [2.24, 2.45) is 5.73 Å². The van der Waals surface area contributed by atoms with E-state index in [1.54, 1.807) is 0 Å². The summed E-state index contributed by atoms with van der Waals surface area (Å²) in [4.78, 5) is 14.9. The number of methoxy groups -OCH3 is 1. The minimum Gasteiger partial charge on any atom is -0.438 e. The van der Waals surface area contributed by atoms with Crippen LogP contribution < -0.4 is 5.73 Å². The average molecular weight is 379 g/mol. The summed E-state index contributed by atoms with van der Waals surface area (Å²) in [6, 6.07) is 12.1. The lowest BCUT2D eigenvalue weighted by molar-refractivity contribution is -0.923. The third-order valence-electron chi connectivity index (χ3n) is 4.69. The Hall–Kier alpha value is -2.18. The molecular weight excluding hydrogens is 342 g/mol. The highest BCUT2D eigenvalue weighted by Crippen LogP contribution is 2.08. The van der Waals surface area contributed by atoms with E-state index >= 15 is 0 Å². The second-order valence-electron chi connectivity index (χ2n) is 5.87. The SMILES string of the molecule is CC[N+](CC)(CC)CCCOC(=O)OC.CN.c1ccc2ncccc2c1. The van der Waals surface area contributed by atoms with E-state index in [-0.39, 0.29) is 0 Å². The van der Waals surface area contributed by atoms with Crippen LogP contribution in [-0.4, -0.2) is 62.6 Å². The summed E-state index contributed by atoms with van der Waals surface area (Å²) in [5.41, 5.74) is 5.56. The van der Waals surface area contributed by atoms with Crippen LogP contribution in [0.5, 0.6) is 0 Å². The third-order valence-corrected chi connectivity index (χ3v) is 4.69. The van der Waals surface area contributed by atoms with E-state index in [2.05, 4.69) is 48.4 Å². The van der Waals surface area contributed by atoms with Crippen LogP contribution in [0.1, 0.15) is 27.2 Å². The van der Waals surface area contributed by atoms with Crippen molar-refractivity contribution in [1.29, 1.82) is 0 Å². The first-order valence-electron chi connectivity index (χ1n) is 9.54. The Morgan fingerprint density at radius 2 is 1.63 bits per heavy atom. The zero-order valence-corrected chi connectivity index (χ0v) is 17.5. The maximum Gasteiger partial charge on any atom is 0.507 e. The zero-order chi connectivity index (χ0) is 20.5. The van der Waals surface area contributed by atoms with E-state index in [1.165, 1.54) is 19.5 Å². The van der Waals surface area contributed by atoms with Gasteiger partial charge in [-0.05, 0) is 40.0 Å². The number of fused-ring (bicyclic) bond motifs is 1. The number of hydrogen-bond acceptors (Lipinski definition) is 5. The van der Waals surface area contributed by atoms with Crippen molar-refractivity contribution >= 4 is 17.1 Å². The summed E-state index contributed by atoms with van der Waals surface area (Å²) in [6.07, 6.45) is 2.12. The molecule has 0 radical (unpaired) electrons. The molecule has 2 N–H and O–H groups in total. The van der Waals surface area contributed by atoms with Crippen LogP contribution in [0.3, 0.4) is 0 Å². The number of pyridine rings is 1. The molecule has 0 saturated carbocycles. The molecule has 0 unspecified atom stereocenters. The number of aromatic nitrogens is 1. The van der Waals surface area contributed by atoms with Crippen molar-refractivity contribution in [1.82, 2.24) is 4.98 Å². The highest BCUT2D eigenvalue weighted by Gasteiger charge is 2.19. The van der Waals surface area contributed by atoms with Gasteiger partial charge in [0, 0.05) is 18.0 Å². The van der Waals surface area contributed by atoms with Gasteiger partial charge in [0.15, 0.2) is 0 Å². The van der Waals surface area contributed by atoms with Gasteiger partial charge in [0.05, 0.1) is 38.8 Å². The zero-order valence-electron chi connectivity index (χ0n) is 17.5. The van der Waals surface area contributed by atoms with E-state index < -0.39 is 6.16 Å². The van der Waals surface area contributed by atoms with Crippen LogP contribution in [0.2, 0.25) is 0 Å². The predicted molar refractivity (Wildman–Crippen MR) is 112 cm³/mol. The van der Waals surface area contributed by atoms with Gasteiger partial charge in [-0.25, -0.2) is 4.79 Å². The molecule has 0 bridgehead atoms. The molecule has 1 aromatic heterocycles. The number of para-hydroxylation sites is 1. The number of benzene rings is 1. The van der Waals surface area contributed by atoms with Gasteiger partial charge < -0.3 is 19.7 Å². The highest BCUT2D eigenvalue weighted by atomic mass is 16.7. The Morgan fingerprint density at radius 3 is 2.19 bits per heavy atom. The molecular formula is C21H36N3O3+. The first-order valence-corrected chi connectivity index (χ1v) is 9.54. The van der Waals surface area contributed by atoms with Gasteiger partial charge in [0.2, 0.25) is 0 Å². The smallest absolute Gasteiger partial charge is 0.438 e. The Labute approximate surface area is 163 Å². The number of nitrogens with zero attached hydrogens (tertiary/aromatic N) is 2. The standard InChI is InChI=1S/C11H24NO3.C9H7N.CH5N/c1-5-12(6-2,7-3)9-8-10-15-11(13)14-4;1-2-6-9-8(4-1)5-3-7-10-9;1-2/h5-10H2,1-4H3;1-7H;2H2,1H3/q+1;;. The Bertz CT molecular complexity index is 557. The third kappa shape index (κ3) is 9.35. The van der Waals surface area contributed by atoms with Crippen LogP contribution in [0.4, 0.5) is 4.79 Å². The quantitative estimate of drug-likeness (QED) is 0.450. The number of quaternary nitrogens is 1. The largest absolute Gasteiger partial charge is 0.507 e. The molecule has 0 saturated heterocycles. The van der Waals surface area contributed by atoms with E-state index in [9.17, 15) is 4.79 Å². The molecule has 0 amide bonds. The number of hydrogen-bond donors (Lipinski definition) is 1. The van der Waals surface area contributed by atoms with Crippen molar-refractivity contribution in [2.75, 3.05) is 46.9 Å². The topological polar surface area (TPSA) is 74.4 Å². The van der Waals surface area contributed by atoms with Gasteiger partial charge in [0.25, 0.3) is 0 Å². The molecule has 2 rings (SSSR count). The lowest BCUT2D eigenvalue weighted by atomic mass is 10.2. The summed E-state index contributed by atoms with van der Waals surface area (Å²) in [5, 5.41) is 1.20. The van der Waals surface area contributed by atoms with Gasteiger partial charge in [0.1, 0.15) is 6.61 Å². The van der Waals surface area contributed by atoms with E-state index in [0.29, 0.717) is 6.61 Å². The highest BCUT2D eigenvalue weighted by molar-refractivity contribution is 5.77. The van der Waals surface area contributed by atoms with Crippen LogP contribution in [0, 0.1) is 0 Å². The molecule has 1 aromatic carbocycles. The maximum atomic E-state index is 10.7. The van der Waals surface area contributed by atoms with Crippen molar-refractivity contribution in [3.8, 4) is 0 Å². The fourth-order valence-corrected chi connectivity index (χ4v) is 2.78. The van der Waals surface area contributed by atoms with E-state index in [1.807, 2.05) is 30.5 Å². The Balaban J connectivity index is 0.000000482. The van der Waals surface area contributed by atoms with E-state index in [0.717, 1.165) is 42.6 Å². The summed E-state index contributed by atoms with van der Waals surface area (Å²) in [5.74, 6) is 0. The second kappa shape index (κ2) is 14.9. The van der Waals surface area contributed by atoms with Crippen molar-refractivity contribution in [2.45, 2.75) is 27.2 Å². The average Bonchev–Trinajstić information content (AvgIpc) is 2.76. The molecule has 152 valence electrons. The number of carbonyl (C=O) groups excluding carboxylic acids is 1. The lowest BCUT2D eigenvalue weighted by Crippen LogP contribution is -2.48. The first kappa shape index (κ1) is 24.8. The Kier molecular flexibility index (Phi) is 13.7. The monoisotopic (exact) mass is 378 g/mol. The molecule has 27 heavy (non-hydrogen) atoms. The minimum atomic E-state index is -0.586. The summed E-state index contributed by atoms with van der Waals surface area (Å²) < 4.78 is 10.3. The molecule has 0 aliphatic carbocycles. The molecule has 0 aliphatic heterocycles. The summed E-state index contributed by atoms with van der Waals surface area (Å²) in [7, 11) is 2.83. The summed E-state index contributed by atoms with van der Waals surface area (Å²) >= 11 is 0. The molecule has 0 fully saturated rings. The molecule has 0 spiro atoms. The van der Waals surface area contributed by atoms with Crippen LogP contribution in [-0.2, 0) is 9.47 Å². The van der Waals surface area contributed by atoms with Crippen LogP contribution in [0.15, 0.2) is 42.6 Å². The lowest BCUT2D eigenvalue weighted by Gasteiger charge is -2.35. The molecule has 0 aliphatic rings. The number of ether oxygens (including phenoxy) is 2. The number of nitrogens with two attached hydrogens (primary N) is 1. The van der Waals surface area contributed by atoms with Gasteiger partial charge in [-0.3, -0.25) is 4.98 Å². The molecule has 0 atom stereocenters. The fraction of sp³-hybridized carbons (Fsp3) is 0.524. The van der Waals surface area contributed by atoms with Gasteiger partial charge in [-0.15, -0.1) is 0 Å². The van der Waals surface area contributed by atoms with Gasteiger partial charge >= 0.3 is 6.16 Å². The Morgan fingerprint density at radius 1 is 1.04 bits per heavy atom. The van der Waals surface area contributed by atoms with Crippen molar-refractivity contribution in [3.63, 3.8) is 0 Å².